The molecule has 0 N–H and O–H groups in total. The molecule has 1 aliphatic carbocycles. The highest BCUT2D eigenvalue weighted by molar-refractivity contribution is 5.69. The van der Waals surface area contributed by atoms with Crippen molar-refractivity contribution in [2.45, 2.75) is 57.9 Å². The zero-order valence-electron chi connectivity index (χ0n) is 24.5. The minimum atomic E-state index is -0.580. The molecule has 2 aromatic carbocycles. The van der Waals surface area contributed by atoms with Crippen molar-refractivity contribution in [3.8, 4) is 17.2 Å². The predicted molar refractivity (Wildman–Crippen MR) is 158 cm³/mol. The van der Waals surface area contributed by atoms with Gasteiger partial charge in [-0.15, -0.1) is 0 Å². The minimum Gasteiger partial charge on any atom is -0.493 e. The first kappa shape index (κ1) is 29.9. The highest BCUT2D eigenvalue weighted by Gasteiger charge is 2.30. The van der Waals surface area contributed by atoms with E-state index in [0.717, 1.165) is 54.9 Å². The zero-order valence-corrected chi connectivity index (χ0v) is 24.5. The van der Waals surface area contributed by atoms with Crippen LogP contribution in [-0.4, -0.2) is 63.4 Å². The van der Waals surface area contributed by atoms with Crippen LogP contribution in [0.4, 0.5) is 8.78 Å². The van der Waals surface area contributed by atoms with Crippen molar-refractivity contribution < 1.29 is 23.0 Å². The van der Waals surface area contributed by atoms with E-state index in [4.69, 9.17) is 14.2 Å². The van der Waals surface area contributed by atoms with Crippen molar-refractivity contribution in [3.05, 3.63) is 65.2 Å². The summed E-state index contributed by atoms with van der Waals surface area (Å²) in [7, 11) is 4.80. The zero-order chi connectivity index (χ0) is 28.6. The highest BCUT2D eigenvalue weighted by atomic mass is 19.1. The summed E-state index contributed by atoms with van der Waals surface area (Å²) in [6.45, 7) is 10.1. The molecule has 1 aliphatic heterocycles. The molecular weight excluding hydrogens is 510 g/mol. The summed E-state index contributed by atoms with van der Waals surface area (Å²) < 4.78 is 44.7. The minimum absolute atomic E-state index is 0.372. The van der Waals surface area contributed by atoms with E-state index in [1.165, 1.54) is 50.7 Å². The normalized spacial score (nSPS) is 18.6. The third-order valence-electron chi connectivity index (χ3n) is 8.33. The quantitative estimate of drug-likeness (QED) is 0.273. The molecule has 0 radical (unpaired) electrons. The number of methoxy groups -OCH3 is 3. The molecule has 7 heteroatoms. The second-order valence-corrected chi connectivity index (χ2v) is 11.2. The highest BCUT2D eigenvalue weighted by Crippen LogP contribution is 2.40. The summed E-state index contributed by atoms with van der Waals surface area (Å²) in [5.74, 6) is 1.30. The Morgan fingerprint density at radius 3 is 2.30 bits per heavy atom. The lowest BCUT2D eigenvalue weighted by molar-refractivity contribution is 0.167. The molecule has 0 spiro atoms. The van der Waals surface area contributed by atoms with E-state index in [0.29, 0.717) is 35.4 Å². The summed E-state index contributed by atoms with van der Waals surface area (Å²) in [5.41, 5.74) is 3.02. The fourth-order valence-corrected chi connectivity index (χ4v) is 6.23. The molecule has 2 aromatic rings. The third kappa shape index (κ3) is 7.36. The van der Waals surface area contributed by atoms with Gasteiger partial charge >= 0.3 is 0 Å². The Labute approximate surface area is 238 Å². The lowest BCUT2D eigenvalue weighted by atomic mass is 9.89. The van der Waals surface area contributed by atoms with Crippen LogP contribution in [0.3, 0.4) is 0 Å². The molecule has 2 aliphatic rings. The Morgan fingerprint density at radius 2 is 1.68 bits per heavy atom. The van der Waals surface area contributed by atoms with Gasteiger partial charge in [0, 0.05) is 48.6 Å². The van der Waals surface area contributed by atoms with Gasteiger partial charge in [0.15, 0.2) is 11.5 Å². The average Bonchev–Trinajstić information content (AvgIpc) is 3.39. The van der Waals surface area contributed by atoms with E-state index in [2.05, 4.69) is 16.4 Å². The maximum atomic E-state index is 14.4. The van der Waals surface area contributed by atoms with Crippen LogP contribution in [-0.2, 0) is 0 Å². The van der Waals surface area contributed by atoms with Gasteiger partial charge < -0.3 is 19.1 Å². The van der Waals surface area contributed by atoms with Crippen LogP contribution in [0.15, 0.2) is 42.5 Å². The van der Waals surface area contributed by atoms with Crippen LogP contribution in [0, 0.1) is 17.6 Å². The number of hydrogen-bond acceptors (Lipinski definition) is 5. The van der Waals surface area contributed by atoms with Crippen LogP contribution in [0.2, 0.25) is 0 Å². The average molecular weight is 555 g/mol. The first-order chi connectivity index (χ1) is 19.3. The first-order valence-electron chi connectivity index (χ1n) is 14.4. The van der Waals surface area contributed by atoms with Crippen molar-refractivity contribution in [2.75, 3.05) is 47.5 Å². The summed E-state index contributed by atoms with van der Waals surface area (Å²) in [5, 5.41) is 0. The van der Waals surface area contributed by atoms with Crippen molar-refractivity contribution in [1.29, 1.82) is 0 Å². The van der Waals surface area contributed by atoms with E-state index in [9.17, 15) is 8.78 Å². The van der Waals surface area contributed by atoms with Crippen LogP contribution < -0.4 is 14.2 Å². The second kappa shape index (κ2) is 14.0. The van der Waals surface area contributed by atoms with Gasteiger partial charge in [0.25, 0.3) is 0 Å². The Balaban J connectivity index is 1.61. The maximum absolute atomic E-state index is 14.4. The van der Waals surface area contributed by atoms with Crippen molar-refractivity contribution >= 4 is 11.8 Å². The van der Waals surface area contributed by atoms with Gasteiger partial charge in [-0.05, 0) is 69.3 Å². The van der Waals surface area contributed by atoms with Crippen molar-refractivity contribution in [3.63, 3.8) is 0 Å². The van der Waals surface area contributed by atoms with Gasteiger partial charge in [-0.2, -0.15) is 0 Å². The smallest absolute Gasteiger partial charge is 0.203 e. The molecule has 2 fully saturated rings. The molecule has 40 heavy (non-hydrogen) atoms. The maximum Gasteiger partial charge on any atom is 0.203 e. The van der Waals surface area contributed by atoms with Crippen molar-refractivity contribution in [2.24, 2.45) is 5.92 Å². The number of hydrogen-bond donors (Lipinski definition) is 0. The standard InChI is InChI=1S/C33H44F2N2O3/c1-23(16-26-13-14-28(34)19-30(26)35)20-37(22-29-12-9-15-36(29)21-25-10-7-6-8-11-25)24(2)27-17-31(38-3)33(40-5)32(18-27)39-4/h13-14,16-19,25,29H,2,6-12,15,20-22H2,1,3-5H3/b23-16+. The van der Waals surface area contributed by atoms with E-state index in [1.807, 2.05) is 19.1 Å². The topological polar surface area (TPSA) is 34.2 Å². The van der Waals surface area contributed by atoms with E-state index < -0.39 is 11.6 Å². The van der Waals surface area contributed by atoms with E-state index in [-0.39, 0.29) is 0 Å². The van der Waals surface area contributed by atoms with Gasteiger partial charge in [-0.25, -0.2) is 8.78 Å². The lowest BCUT2D eigenvalue weighted by Crippen LogP contribution is -2.42. The number of nitrogens with zero attached hydrogens (tertiary/aromatic N) is 2. The summed E-state index contributed by atoms with van der Waals surface area (Å²) in [6, 6.07) is 7.95. The largest absolute Gasteiger partial charge is 0.493 e. The van der Waals surface area contributed by atoms with Gasteiger partial charge in [-0.1, -0.05) is 37.5 Å². The number of likely N-dealkylation sites (tertiary alicyclic amines) is 1. The van der Waals surface area contributed by atoms with Crippen LogP contribution >= 0.6 is 0 Å². The fourth-order valence-electron chi connectivity index (χ4n) is 6.23. The van der Waals surface area contributed by atoms with Crippen LogP contribution in [0.25, 0.3) is 11.8 Å². The molecule has 0 aromatic heterocycles. The summed E-state index contributed by atoms with van der Waals surface area (Å²) in [4.78, 5) is 4.95. The molecule has 1 saturated carbocycles. The van der Waals surface area contributed by atoms with Crippen molar-refractivity contribution in [1.82, 2.24) is 9.80 Å². The fraction of sp³-hybridized carbons (Fsp3) is 0.515. The summed E-state index contributed by atoms with van der Waals surface area (Å²) >= 11 is 0. The number of ether oxygens (including phenoxy) is 3. The Morgan fingerprint density at radius 1 is 0.975 bits per heavy atom. The molecule has 1 unspecified atom stereocenters. The number of benzene rings is 2. The molecule has 0 bridgehead atoms. The SMILES string of the molecule is C=C(c1cc(OC)c(OC)c(OC)c1)N(C/C(C)=C/c1ccc(F)cc1F)CC1CCCN1CC1CCCCC1. The van der Waals surface area contributed by atoms with Gasteiger partial charge in [-0.3, -0.25) is 4.90 Å². The molecule has 1 saturated heterocycles. The molecule has 1 heterocycles. The first-order valence-corrected chi connectivity index (χ1v) is 14.4. The van der Waals surface area contributed by atoms with Crippen LogP contribution in [0.1, 0.15) is 63.0 Å². The molecule has 4 rings (SSSR count). The van der Waals surface area contributed by atoms with Gasteiger partial charge in [0.05, 0.1) is 21.3 Å². The molecule has 218 valence electrons. The third-order valence-corrected chi connectivity index (χ3v) is 8.33. The number of halogens is 2. The number of rotatable bonds is 12. The Kier molecular flexibility index (Phi) is 10.5. The monoisotopic (exact) mass is 554 g/mol. The predicted octanol–water partition coefficient (Wildman–Crippen LogP) is 7.41. The van der Waals surface area contributed by atoms with Gasteiger partial charge in [0.2, 0.25) is 5.75 Å². The molecule has 0 amide bonds. The van der Waals surface area contributed by atoms with E-state index in [1.54, 1.807) is 27.4 Å². The Hall–Kier alpha value is -3.06. The Bertz CT molecular complexity index is 1170. The molecule has 1 atom stereocenters. The molecule has 5 nitrogen and oxygen atoms in total. The molecular formula is C33H44F2N2O3. The van der Waals surface area contributed by atoms with Gasteiger partial charge in [0.1, 0.15) is 11.6 Å². The van der Waals surface area contributed by atoms with E-state index >= 15 is 0 Å². The van der Waals surface area contributed by atoms with Crippen LogP contribution in [0.5, 0.6) is 17.2 Å². The lowest BCUT2D eigenvalue weighted by Gasteiger charge is -2.36. The summed E-state index contributed by atoms with van der Waals surface area (Å²) in [6.07, 6.45) is 10.8. The second-order valence-electron chi connectivity index (χ2n) is 11.2.